The molecule has 0 bridgehead atoms. The van der Waals surface area contributed by atoms with Gasteiger partial charge in [-0.15, -0.1) is 0 Å². The highest BCUT2D eigenvalue weighted by Gasteiger charge is 2.32. The first-order valence-corrected chi connectivity index (χ1v) is 4.75. The van der Waals surface area contributed by atoms with E-state index in [0.29, 0.717) is 13.2 Å². The quantitative estimate of drug-likeness (QED) is 0.595. The van der Waals surface area contributed by atoms with E-state index in [4.69, 9.17) is 10.5 Å². The molecule has 0 atom stereocenters. The van der Waals surface area contributed by atoms with Crippen LogP contribution in [0.2, 0.25) is 0 Å². The number of rotatable bonds is 5. The predicted octanol–water partition coefficient (Wildman–Crippen LogP) is 0.0205. The largest absolute Gasteiger partial charge is 0.370 e. The van der Waals surface area contributed by atoms with Gasteiger partial charge in [0.15, 0.2) is 0 Å². The third-order valence-electron chi connectivity index (χ3n) is 2.39. The maximum absolute atomic E-state index is 11.2. The van der Waals surface area contributed by atoms with Crippen LogP contribution in [0.4, 0.5) is 0 Å². The standard InChI is InChI=1S/C9H18N2O2/c1-9(3-2-4-9)11-8(12)7-13-6-5-10/h2-7,10H2,1H3,(H,11,12). The second-order valence-corrected chi connectivity index (χ2v) is 3.80. The van der Waals surface area contributed by atoms with Crippen molar-refractivity contribution in [1.29, 1.82) is 0 Å². The minimum absolute atomic E-state index is 0.0309. The van der Waals surface area contributed by atoms with E-state index in [9.17, 15) is 4.79 Å². The molecule has 0 aliphatic heterocycles. The van der Waals surface area contributed by atoms with Crippen LogP contribution in [-0.4, -0.2) is 31.2 Å². The van der Waals surface area contributed by atoms with E-state index in [-0.39, 0.29) is 18.1 Å². The van der Waals surface area contributed by atoms with E-state index in [0.717, 1.165) is 12.8 Å². The fourth-order valence-corrected chi connectivity index (χ4v) is 1.45. The summed E-state index contributed by atoms with van der Waals surface area (Å²) in [6.45, 7) is 3.11. The summed E-state index contributed by atoms with van der Waals surface area (Å²) in [5.74, 6) is -0.0318. The van der Waals surface area contributed by atoms with Crippen LogP contribution in [0.5, 0.6) is 0 Å². The maximum atomic E-state index is 11.2. The smallest absolute Gasteiger partial charge is 0.246 e. The lowest BCUT2D eigenvalue weighted by Gasteiger charge is -2.39. The molecule has 0 saturated heterocycles. The maximum Gasteiger partial charge on any atom is 0.246 e. The second-order valence-electron chi connectivity index (χ2n) is 3.80. The molecule has 76 valence electrons. The highest BCUT2D eigenvalue weighted by Crippen LogP contribution is 2.30. The Kier molecular flexibility index (Phi) is 3.69. The SMILES string of the molecule is CC1(NC(=O)COCCN)CCC1. The second kappa shape index (κ2) is 4.58. The van der Waals surface area contributed by atoms with Crippen molar-refractivity contribution in [3.63, 3.8) is 0 Å². The molecular weight excluding hydrogens is 168 g/mol. The van der Waals surface area contributed by atoms with Gasteiger partial charge in [-0.05, 0) is 26.2 Å². The number of nitrogens with one attached hydrogen (secondary N) is 1. The molecule has 0 spiro atoms. The van der Waals surface area contributed by atoms with E-state index >= 15 is 0 Å². The Morgan fingerprint density at radius 1 is 1.62 bits per heavy atom. The molecule has 4 nitrogen and oxygen atoms in total. The molecule has 0 unspecified atom stereocenters. The van der Waals surface area contributed by atoms with Crippen LogP contribution in [0.1, 0.15) is 26.2 Å². The van der Waals surface area contributed by atoms with Gasteiger partial charge in [0.1, 0.15) is 6.61 Å². The molecule has 0 heterocycles. The van der Waals surface area contributed by atoms with Crippen LogP contribution in [0.15, 0.2) is 0 Å². The monoisotopic (exact) mass is 186 g/mol. The molecule has 1 saturated carbocycles. The zero-order valence-corrected chi connectivity index (χ0v) is 8.14. The average Bonchev–Trinajstić information content (AvgIpc) is 2.02. The summed E-state index contributed by atoms with van der Waals surface area (Å²) in [6, 6.07) is 0. The zero-order valence-electron chi connectivity index (χ0n) is 8.14. The van der Waals surface area contributed by atoms with Gasteiger partial charge in [-0.25, -0.2) is 0 Å². The van der Waals surface area contributed by atoms with Crippen LogP contribution in [0, 0.1) is 0 Å². The molecule has 1 rings (SSSR count). The van der Waals surface area contributed by atoms with Crippen LogP contribution in [0.3, 0.4) is 0 Å². The summed E-state index contributed by atoms with van der Waals surface area (Å²) < 4.78 is 5.02. The summed E-state index contributed by atoms with van der Waals surface area (Å²) in [6.07, 6.45) is 3.37. The van der Waals surface area contributed by atoms with Crippen molar-refractivity contribution < 1.29 is 9.53 Å². The molecule has 1 amide bonds. The highest BCUT2D eigenvalue weighted by atomic mass is 16.5. The molecule has 0 aromatic heterocycles. The Balaban J connectivity index is 2.10. The van der Waals surface area contributed by atoms with Gasteiger partial charge in [0.25, 0.3) is 0 Å². The Labute approximate surface area is 78.8 Å². The first-order valence-electron chi connectivity index (χ1n) is 4.75. The van der Waals surface area contributed by atoms with E-state index in [2.05, 4.69) is 12.2 Å². The third-order valence-corrected chi connectivity index (χ3v) is 2.39. The summed E-state index contributed by atoms with van der Waals surface area (Å²) in [5.41, 5.74) is 5.25. The van der Waals surface area contributed by atoms with E-state index in [1.54, 1.807) is 0 Å². The summed E-state index contributed by atoms with van der Waals surface area (Å²) >= 11 is 0. The number of nitrogens with two attached hydrogens (primary N) is 1. The van der Waals surface area contributed by atoms with Crippen molar-refractivity contribution in [2.45, 2.75) is 31.7 Å². The average molecular weight is 186 g/mol. The van der Waals surface area contributed by atoms with Crippen LogP contribution in [-0.2, 0) is 9.53 Å². The highest BCUT2D eigenvalue weighted by molar-refractivity contribution is 5.78. The molecule has 3 N–H and O–H groups in total. The van der Waals surface area contributed by atoms with Gasteiger partial charge in [-0.2, -0.15) is 0 Å². The van der Waals surface area contributed by atoms with Gasteiger partial charge in [0.2, 0.25) is 5.91 Å². The lowest BCUT2D eigenvalue weighted by Crippen LogP contribution is -2.52. The molecule has 0 aromatic carbocycles. The minimum Gasteiger partial charge on any atom is -0.370 e. The van der Waals surface area contributed by atoms with Crippen molar-refractivity contribution in [1.82, 2.24) is 5.32 Å². The molecule has 1 fully saturated rings. The van der Waals surface area contributed by atoms with Gasteiger partial charge in [0, 0.05) is 12.1 Å². The van der Waals surface area contributed by atoms with Gasteiger partial charge >= 0.3 is 0 Å². The number of hydrogen-bond acceptors (Lipinski definition) is 3. The first-order chi connectivity index (χ1) is 6.16. The number of ether oxygens (including phenoxy) is 1. The molecule has 1 aliphatic rings. The third kappa shape index (κ3) is 3.32. The van der Waals surface area contributed by atoms with E-state index in [1.165, 1.54) is 6.42 Å². The van der Waals surface area contributed by atoms with Crippen LogP contribution in [0.25, 0.3) is 0 Å². The molecule has 0 radical (unpaired) electrons. The van der Waals surface area contributed by atoms with Gasteiger partial charge in [-0.1, -0.05) is 0 Å². The molecular formula is C9H18N2O2. The van der Waals surface area contributed by atoms with E-state index < -0.39 is 0 Å². The minimum atomic E-state index is -0.0318. The fourth-order valence-electron chi connectivity index (χ4n) is 1.45. The van der Waals surface area contributed by atoms with Crippen molar-refractivity contribution >= 4 is 5.91 Å². The number of amides is 1. The Bertz CT molecular complexity index is 178. The van der Waals surface area contributed by atoms with Crippen LogP contribution >= 0.6 is 0 Å². The van der Waals surface area contributed by atoms with Gasteiger partial charge in [0.05, 0.1) is 6.61 Å². The summed E-state index contributed by atoms with van der Waals surface area (Å²) in [5, 5.41) is 2.95. The number of carbonyl (C=O) groups excluding carboxylic acids is 1. The topological polar surface area (TPSA) is 64.3 Å². The molecule has 13 heavy (non-hydrogen) atoms. The Morgan fingerprint density at radius 3 is 2.77 bits per heavy atom. The van der Waals surface area contributed by atoms with Gasteiger partial charge < -0.3 is 15.8 Å². The lowest BCUT2D eigenvalue weighted by molar-refractivity contribution is -0.128. The Morgan fingerprint density at radius 2 is 2.31 bits per heavy atom. The Hall–Kier alpha value is -0.610. The molecule has 4 heteroatoms. The predicted molar refractivity (Wildman–Crippen MR) is 50.3 cm³/mol. The fraction of sp³-hybridized carbons (Fsp3) is 0.889. The van der Waals surface area contributed by atoms with E-state index in [1.807, 2.05) is 0 Å². The summed E-state index contributed by atoms with van der Waals surface area (Å²) in [7, 11) is 0. The number of carbonyl (C=O) groups is 1. The normalized spacial score (nSPS) is 19.2. The van der Waals surface area contributed by atoms with Crippen molar-refractivity contribution in [3.05, 3.63) is 0 Å². The van der Waals surface area contributed by atoms with Crippen molar-refractivity contribution in [3.8, 4) is 0 Å². The number of hydrogen-bond donors (Lipinski definition) is 2. The molecule has 0 aromatic rings. The van der Waals surface area contributed by atoms with Crippen molar-refractivity contribution in [2.24, 2.45) is 5.73 Å². The summed E-state index contributed by atoms with van der Waals surface area (Å²) in [4.78, 5) is 11.2. The lowest BCUT2D eigenvalue weighted by atomic mass is 9.78. The van der Waals surface area contributed by atoms with Crippen molar-refractivity contribution in [2.75, 3.05) is 19.8 Å². The first kappa shape index (κ1) is 10.5. The van der Waals surface area contributed by atoms with Crippen LogP contribution < -0.4 is 11.1 Å². The zero-order chi connectivity index (χ0) is 9.73. The van der Waals surface area contributed by atoms with Gasteiger partial charge in [-0.3, -0.25) is 4.79 Å². The molecule has 1 aliphatic carbocycles.